The Morgan fingerprint density at radius 1 is 1.46 bits per heavy atom. The Morgan fingerprint density at radius 3 is 2.54 bits per heavy atom. The van der Waals surface area contributed by atoms with Gasteiger partial charge in [-0.3, -0.25) is 0 Å². The van der Waals surface area contributed by atoms with Gasteiger partial charge in [0.05, 0.1) is 6.04 Å². The lowest BCUT2D eigenvalue weighted by Gasteiger charge is -2.23. The molecule has 3 N–H and O–H groups in total. The second kappa shape index (κ2) is 3.34. The monoisotopic (exact) mass is 183 g/mol. The lowest BCUT2D eigenvalue weighted by Crippen LogP contribution is -2.30. The molecule has 0 radical (unpaired) electrons. The van der Waals surface area contributed by atoms with E-state index in [2.05, 4.69) is 0 Å². The molecule has 0 fully saturated rings. The van der Waals surface area contributed by atoms with Crippen molar-refractivity contribution < 1.29 is 9.50 Å². The smallest absolute Gasteiger partial charge is 0.124 e. The number of aromatic hydroxyl groups is 1. The summed E-state index contributed by atoms with van der Waals surface area (Å²) in [5.41, 5.74) is 4.78. The van der Waals surface area contributed by atoms with Crippen LogP contribution in [-0.2, 0) is 0 Å². The van der Waals surface area contributed by atoms with Crippen molar-refractivity contribution in [1.82, 2.24) is 0 Å². The highest BCUT2D eigenvalue weighted by Crippen LogP contribution is 2.27. The number of hydrogen-bond acceptors (Lipinski definition) is 2. The van der Waals surface area contributed by atoms with Crippen molar-refractivity contribution in [2.45, 2.75) is 25.6 Å². The molecule has 0 aliphatic heterocycles. The molecule has 0 aromatic heterocycles. The second-order valence-electron chi connectivity index (χ2n) is 3.64. The molecule has 1 rings (SSSR count). The summed E-state index contributed by atoms with van der Waals surface area (Å²) in [5, 5.41) is 9.15. The van der Waals surface area contributed by atoms with E-state index < -0.39 is 11.7 Å². The third-order valence-corrected chi connectivity index (χ3v) is 1.97. The minimum absolute atomic E-state index is 0.109. The van der Waals surface area contributed by atoms with Crippen molar-refractivity contribution in [3.63, 3.8) is 0 Å². The standard InChI is InChI=1S/C10H14FNO/c1-10(2,11)9(12)7-4-3-5-8(13)6-7/h3-6,9,13H,12H2,1-2H3. The molecule has 0 heterocycles. The van der Waals surface area contributed by atoms with E-state index in [0.717, 1.165) is 0 Å². The van der Waals surface area contributed by atoms with Gasteiger partial charge in [0.1, 0.15) is 11.4 Å². The maximum atomic E-state index is 13.4. The van der Waals surface area contributed by atoms with Gasteiger partial charge in [-0.15, -0.1) is 0 Å². The van der Waals surface area contributed by atoms with Crippen LogP contribution in [0.2, 0.25) is 0 Å². The van der Waals surface area contributed by atoms with Crippen LogP contribution in [0.4, 0.5) is 4.39 Å². The summed E-state index contributed by atoms with van der Waals surface area (Å²) in [6.45, 7) is 2.84. The first-order valence-electron chi connectivity index (χ1n) is 4.14. The van der Waals surface area contributed by atoms with Crippen molar-refractivity contribution in [3.05, 3.63) is 29.8 Å². The van der Waals surface area contributed by atoms with E-state index in [1.807, 2.05) is 0 Å². The van der Waals surface area contributed by atoms with E-state index in [0.29, 0.717) is 5.56 Å². The fourth-order valence-electron chi connectivity index (χ4n) is 1.11. The Labute approximate surface area is 77.2 Å². The Balaban J connectivity index is 2.96. The molecule has 0 bridgehead atoms. The normalized spacial score (nSPS) is 14.2. The van der Waals surface area contributed by atoms with Gasteiger partial charge in [-0.1, -0.05) is 12.1 Å². The largest absolute Gasteiger partial charge is 0.508 e. The van der Waals surface area contributed by atoms with Gasteiger partial charge in [0.2, 0.25) is 0 Å². The molecule has 0 amide bonds. The topological polar surface area (TPSA) is 46.2 Å². The highest BCUT2D eigenvalue weighted by atomic mass is 19.1. The number of halogens is 1. The molecule has 3 heteroatoms. The summed E-state index contributed by atoms with van der Waals surface area (Å²) < 4.78 is 13.4. The highest BCUT2D eigenvalue weighted by molar-refractivity contribution is 5.30. The van der Waals surface area contributed by atoms with Crippen LogP contribution in [-0.4, -0.2) is 10.8 Å². The second-order valence-corrected chi connectivity index (χ2v) is 3.64. The van der Waals surface area contributed by atoms with Gasteiger partial charge < -0.3 is 10.8 Å². The molecule has 0 aliphatic carbocycles. The molecule has 1 aromatic rings. The van der Waals surface area contributed by atoms with Crippen molar-refractivity contribution in [2.75, 3.05) is 0 Å². The maximum Gasteiger partial charge on any atom is 0.124 e. The molecule has 1 atom stereocenters. The van der Waals surface area contributed by atoms with E-state index in [4.69, 9.17) is 10.8 Å². The zero-order chi connectivity index (χ0) is 10.1. The lowest BCUT2D eigenvalue weighted by atomic mass is 9.94. The maximum absolute atomic E-state index is 13.4. The molecule has 0 spiro atoms. The summed E-state index contributed by atoms with van der Waals surface area (Å²) in [4.78, 5) is 0. The summed E-state index contributed by atoms with van der Waals surface area (Å²) in [7, 11) is 0. The Hall–Kier alpha value is -1.09. The summed E-state index contributed by atoms with van der Waals surface area (Å²) >= 11 is 0. The first-order valence-corrected chi connectivity index (χ1v) is 4.14. The quantitative estimate of drug-likeness (QED) is 0.737. The van der Waals surface area contributed by atoms with Gasteiger partial charge in [0.15, 0.2) is 0 Å². The lowest BCUT2D eigenvalue weighted by molar-refractivity contribution is 0.174. The fourth-order valence-corrected chi connectivity index (χ4v) is 1.11. The molecule has 1 unspecified atom stereocenters. The highest BCUT2D eigenvalue weighted by Gasteiger charge is 2.26. The summed E-state index contributed by atoms with van der Waals surface area (Å²) in [6.07, 6.45) is 0. The molecule has 13 heavy (non-hydrogen) atoms. The van der Waals surface area contributed by atoms with Crippen LogP contribution < -0.4 is 5.73 Å². The summed E-state index contributed by atoms with van der Waals surface area (Å²) in [5.74, 6) is 0.109. The van der Waals surface area contributed by atoms with Crippen LogP contribution in [0.1, 0.15) is 25.5 Å². The fraction of sp³-hybridized carbons (Fsp3) is 0.400. The number of alkyl halides is 1. The van der Waals surface area contributed by atoms with Gasteiger partial charge >= 0.3 is 0 Å². The van der Waals surface area contributed by atoms with Crippen LogP contribution in [0.15, 0.2) is 24.3 Å². The number of phenolic OH excluding ortho intramolecular Hbond substituents is 1. The molecule has 1 aromatic carbocycles. The van der Waals surface area contributed by atoms with E-state index in [1.165, 1.54) is 26.0 Å². The van der Waals surface area contributed by atoms with Gasteiger partial charge in [0, 0.05) is 0 Å². The van der Waals surface area contributed by atoms with Crippen LogP contribution in [0.5, 0.6) is 5.75 Å². The number of rotatable bonds is 2. The zero-order valence-electron chi connectivity index (χ0n) is 7.79. The number of nitrogens with two attached hydrogens (primary N) is 1. The van der Waals surface area contributed by atoms with E-state index in [1.54, 1.807) is 12.1 Å². The minimum atomic E-state index is -1.48. The third kappa shape index (κ3) is 2.42. The van der Waals surface area contributed by atoms with Crippen LogP contribution >= 0.6 is 0 Å². The Bertz CT molecular complexity index is 293. The zero-order valence-corrected chi connectivity index (χ0v) is 7.79. The van der Waals surface area contributed by atoms with Gasteiger partial charge in [0.25, 0.3) is 0 Å². The predicted octanol–water partition coefficient (Wildman–Crippen LogP) is 2.14. The van der Waals surface area contributed by atoms with Crippen molar-refractivity contribution in [3.8, 4) is 5.75 Å². The van der Waals surface area contributed by atoms with E-state index >= 15 is 0 Å². The van der Waals surface area contributed by atoms with Gasteiger partial charge in [-0.2, -0.15) is 0 Å². The van der Waals surface area contributed by atoms with E-state index in [-0.39, 0.29) is 5.75 Å². The van der Waals surface area contributed by atoms with Crippen molar-refractivity contribution >= 4 is 0 Å². The molecule has 2 nitrogen and oxygen atoms in total. The molecular formula is C10H14FNO. The first-order chi connectivity index (χ1) is 5.91. The number of benzene rings is 1. The number of hydrogen-bond donors (Lipinski definition) is 2. The molecule has 0 aliphatic rings. The van der Waals surface area contributed by atoms with Gasteiger partial charge in [-0.05, 0) is 31.5 Å². The Morgan fingerprint density at radius 2 is 2.08 bits per heavy atom. The molecular weight excluding hydrogens is 169 g/mol. The minimum Gasteiger partial charge on any atom is -0.508 e. The van der Waals surface area contributed by atoms with Crippen LogP contribution in [0.3, 0.4) is 0 Å². The number of phenols is 1. The predicted molar refractivity (Wildman–Crippen MR) is 50.2 cm³/mol. The van der Waals surface area contributed by atoms with Gasteiger partial charge in [-0.25, -0.2) is 4.39 Å². The average molecular weight is 183 g/mol. The molecule has 0 saturated heterocycles. The third-order valence-electron chi connectivity index (χ3n) is 1.97. The summed E-state index contributed by atoms with van der Waals surface area (Å²) in [6, 6.07) is 5.65. The van der Waals surface area contributed by atoms with Crippen LogP contribution in [0.25, 0.3) is 0 Å². The van der Waals surface area contributed by atoms with Crippen molar-refractivity contribution in [1.29, 1.82) is 0 Å². The molecule has 0 saturated carbocycles. The molecule has 72 valence electrons. The average Bonchev–Trinajstić information content (AvgIpc) is 2.01. The first kappa shape index (κ1) is 9.99. The SMILES string of the molecule is CC(C)(F)C(N)c1cccc(O)c1. The Kier molecular flexibility index (Phi) is 2.57. The van der Waals surface area contributed by atoms with Crippen molar-refractivity contribution in [2.24, 2.45) is 5.73 Å². The van der Waals surface area contributed by atoms with E-state index in [9.17, 15) is 4.39 Å². The van der Waals surface area contributed by atoms with Crippen LogP contribution in [0, 0.1) is 0 Å².